The number of benzene rings is 2. The van der Waals surface area contributed by atoms with E-state index in [1.54, 1.807) is 29.6 Å². The molecule has 13 nitrogen and oxygen atoms in total. The second kappa shape index (κ2) is 15.9. The molecule has 10 rings (SSSR count). The number of carbonyl (C=O) groups excluding carboxylic acids is 1. The van der Waals surface area contributed by atoms with Crippen LogP contribution in [-0.2, 0) is 21.0 Å². The van der Waals surface area contributed by atoms with Crippen LogP contribution in [0.4, 0.5) is 11.4 Å². The number of hydrogen-bond acceptors (Lipinski definition) is 11. The molecule has 1 atom stereocenters. The minimum absolute atomic E-state index is 0.0661. The first-order chi connectivity index (χ1) is 29.1. The van der Waals surface area contributed by atoms with Crippen molar-refractivity contribution in [1.82, 2.24) is 19.8 Å². The third-order valence-electron chi connectivity index (χ3n) is 14.2. The number of ether oxygens (including phenoxy) is 2. The number of pyridine rings is 1. The third-order valence-corrected chi connectivity index (χ3v) is 15.8. The van der Waals surface area contributed by atoms with Crippen molar-refractivity contribution in [3.63, 3.8) is 0 Å². The molecule has 3 saturated carbocycles. The summed E-state index contributed by atoms with van der Waals surface area (Å²) in [6, 6.07) is 12.9. The van der Waals surface area contributed by atoms with Gasteiger partial charge in [-0.15, -0.1) is 0 Å². The molecule has 2 aliphatic heterocycles. The molecular weight excluding hydrogens is 793 g/mol. The lowest BCUT2D eigenvalue weighted by molar-refractivity contribution is -0.385. The maximum atomic E-state index is 14.1. The Bertz CT molecular complexity index is 2480. The van der Waals surface area contributed by atoms with Crippen LogP contribution in [-0.4, -0.2) is 110 Å². The number of nitro benzene ring substituents is 1. The molecule has 2 aromatic heterocycles. The van der Waals surface area contributed by atoms with E-state index in [2.05, 4.69) is 45.4 Å². The van der Waals surface area contributed by atoms with E-state index in [9.17, 15) is 23.3 Å². The fourth-order valence-electron chi connectivity index (χ4n) is 11.1. The van der Waals surface area contributed by atoms with Gasteiger partial charge in [-0.05, 0) is 105 Å². The lowest BCUT2D eigenvalue weighted by atomic mass is 9.33. The average molecular weight is 851 g/mol. The van der Waals surface area contributed by atoms with Crippen molar-refractivity contribution >= 4 is 38.0 Å². The van der Waals surface area contributed by atoms with Gasteiger partial charge in [-0.25, -0.2) is 13.4 Å². The summed E-state index contributed by atoms with van der Waals surface area (Å²) in [6.45, 7) is 13.9. The summed E-state index contributed by atoms with van der Waals surface area (Å²) in [7, 11) is -2.27. The van der Waals surface area contributed by atoms with Crippen LogP contribution in [0, 0.1) is 26.4 Å². The molecule has 324 valence electrons. The Labute approximate surface area is 358 Å². The summed E-state index contributed by atoms with van der Waals surface area (Å²) in [5.74, 6) is -0.935. The third kappa shape index (κ3) is 8.61. The zero-order valence-corrected chi connectivity index (χ0v) is 36.7. The number of H-pyrrole nitrogens is 1. The van der Waals surface area contributed by atoms with E-state index in [1.165, 1.54) is 50.7 Å². The molecule has 4 aliphatic carbocycles. The fourth-order valence-corrected chi connectivity index (χ4v) is 12.3. The molecule has 0 radical (unpaired) electrons. The van der Waals surface area contributed by atoms with Crippen LogP contribution in [0.5, 0.6) is 11.5 Å². The van der Waals surface area contributed by atoms with Crippen molar-refractivity contribution in [3.8, 4) is 11.5 Å². The van der Waals surface area contributed by atoms with E-state index >= 15 is 0 Å². The highest BCUT2D eigenvalue weighted by molar-refractivity contribution is 7.92. The van der Waals surface area contributed by atoms with Gasteiger partial charge in [0.15, 0.2) is 15.6 Å². The topological polar surface area (TPSA) is 151 Å². The highest BCUT2D eigenvalue weighted by atomic mass is 32.2. The highest BCUT2D eigenvalue weighted by Gasteiger charge is 2.66. The number of nitrogens with one attached hydrogen (secondary N) is 1. The number of aromatic nitrogens is 2. The molecular formula is C47H58N6O7S. The molecule has 2 saturated heterocycles. The number of nitro groups is 1. The number of fused-ring (bicyclic) bond motifs is 1. The molecule has 2 aromatic carbocycles. The van der Waals surface area contributed by atoms with Crippen LogP contribution >= 0.6 is 0 Å². The van der Waals surface area contributed by atoms with E-state index < -0.39 is 26.3 Å². The number of piperazine rings is 1. The normalized spacial score (nSPS) is 25.6. The molecule has 0 spiro atoms. The number of aromatic amines is 1. The monoisotopic (exact) mass is 850 g/mol. The molecule has 4 heterocycles. The quantitative estimate of drug-likeness (QED) is 0.0569. The van der Waals surface area contributed by atoms with Gasteiger partial charge in [0.2, 0.25) is 0 Å². The predicted molar refractivity (Wildman–Crippen MR) is 235 cm³/mol. The predicted octanol–water partition coefficient (Wildman–Crippen LogP) is 8.00. The van der Waals surface area contributed by atoms with Gasteiger partial charge in [0.05, 0.1) is 34.3 Å². The molecule has 4 aromatic rings. The SMILES string of the molecule is CN1CCOC(CCc2ccc(S(=O)(=O)CC(=O)c3ccc(N4CCN(CC5=C(C67CC(C)(C6)C7)CC(C)(C)CC5)CC4)cc3Oc3cnc4[nH]ccc4c3)cc2[N+](=O)[O-])C1. The number of morpholine rings is 1. The number of ketones is 1. The Balaban J connectivity index is 0.919. The van der Waals surface area contributed by atoms with Gasteiger partial charge in [0.1, 0.15) is 22.9 Å². The number of hydrogen-bond donors (Lipinski definition) is 1. The largest absolute Gasteiger partial charge is 0.455 e. The zero-order valence-electron chi connectivity index (χ0n) is 35.9. The smallest absolute Gasteiger partial charge is 0.273 e. The van der Waals surface area contributed by atoms with Gasteiger partial charge in [-0.1, -0.05) is 38.0 Å². The fraction of sp³-hybridized carbons (Fsp3) is 0.532. The summed E-state index contributed by atoms with van der Waals surface area (Å²) in [4.78, 5) is 39.9. The van der Waals surface area contributed by atoms with Crippen molar-refractivity contribution in [2.75, 3.05) is 70.1 Å². The molecule has 0 amide bonds. The highest BCUT2D eigenvalue weighted by Crippen LogP contribution is 2.77. The van der Waals surface area contributed by atoms with Crippen molar-refractivity contribution in [1.29, 1.82) is 0 Å². The molecule has 14 heteroatoms. The number of likely N-dealkylation sites (N-methyl/N-ethyl adjacent to an activating group) is 1. The number of allylic oxidation sites excluding steroid dienone is 1. The van der Waals surface area contributed by atoms with E-state index in [0.717, 1.165) is 63.0 Å². The number of rotatable bonds is 14. The molecule has 2 bridgehead atoms. The number of nitrogens with zero attached hydrogens (tertiary/aromatic N) is 5. The summed E-state index contributed by atoms with van der Waals surface area (Å²) in [6.07, 6.45) is 11.9. The number of sulfone groups is 1. The van der Waals surface area contributed by atoms with Gasteiger partial charge in [-0.2, -0.15) is 0 Å². The Hall–Kier alpha value is -4.63. The van der Waals surface area contributed by atoms with Crippen molar-refractivity contribution in [2.24, 2.45) is 16.2 Å². The van der Waals surface area contributed by atoms with Crippen LogP contribution < -0.4 is 9.64 Å². The van der Waals surface area contributed by atoms with Crippen LogP contribution in [0.15, 0.2) is 77.0 Å². The molecule has 1 unspecified atom stereocenters. The molecule has 6 aliphatic rings. The first kappa shape index (κ1) is 41.7. The first-order valence-corrected chi connectivity index (χ1v) is 23.5. The maximum Gasteiger partial charge on any atom is 0.273 e. The maximum absolute atomic E-state index is 14.1. The van der Waals surface area contributed by atoms with E-state index in [4.69, 9.17) is 9.47 Å². The Morgan fingerprint density at radius 2 is 1.82 bits per heavy atom. The van der Waals surface area contributed by atoms with Crippen LogP contribution in [0.25, 0.3) is 11.0 Å². The molecule has 1 N–H and O–H groups in total. The van der Waals surface area contributed by atoms with Crippen LogP contribution in [0.3, 0.4) is 0 Å². The number of Topliss-reactive ketones (excluding diaryl/α,β-unsaturated/α-hetero) is 1. The van der Waals surface area contributed by atoms with Gasteiger partial charge in [0.25, 0.3) is 5.69 Å². The Morgan fingerprint density at radius 1 is 1.03 bits per heavy atom. The Kier molecular flexibility index (Phi) is 10.9. The molecule has 61 heavy (non-hydrogen) atoms. The van der Waals surface area contributed by atoms with Gasteiger partial charge >= 0.3 is 0 Å². The van der Waals surface area contributed by atoms with E-state index in [0.29, 0.717) is 52.7 Å². The first-order valence-electron chi connectivity index (χ1n) is 21.8. The summed E-state index contributed by atoms with van der Waals surface area (Å²) >= 11 is 0. The lowest BCUT2D eigenvalue weighted by Crippen LogP contribution is -2.61. The number of aryl methyl sites for hydroxylation is 1. The van der Waals surface area contributed by atoms with E-state index in [-0.39, 0.29) is 28.0 Å². The van der Waals surface area contributed by atoms with Gasteiger partial charge < -0.3 is 24.3 Å². The summed E-state index contributed by atoms with van der Waals surface area (Å²) in [5, 5.41) is 13.0. The standard InChI is InChI=1S/C47H58N6O7S/c1-45(2)13-11-34(40(24-45)47-29-46(3,30-47)31-47)26-51-15-17-52(18-16-51)35-7-10-39(43(22-35)60-37-21-33-12-14-48-44(33)49-25-37)42(54)28-61(57,58)38-9-6-32(41(23-38)53(55)56)5-8-36-27-50(4)19-20-59-36/h6-7,9-10,12,14,21-23,25,36H,5,8,11,13,15-20,24,26-31H2,1-4H3,(H,48,49). The van der Waals surface area contributed by atoms with Gasteiger partial charge in [0, 0.05) is 80.8 Å². The van der Waals surface area contributed by atoms with E-state index in [1.807, 2.05) is 31.3 Å². The average Bonchev–Trinajstić information content (AvgIpc) is 3.67. The van der Waals surface area contributed by atoms with Crippen LogP contribution in [0.1, 0.15) is 81.6 Å². The minimum Gasteiger partial charge on any atom is -0.455 e. The second-order valence-electron chi connectivity index (χ2n) is 19.7. The summed E-state index contributed by atoms with van der Waals surface area (Å²) < 4.78 is 39.9. The minimum atomic E-state index is -4.28. The van der Waals surface area contributed by atoms with Crippen molar-refractivity contribution in [2.45, 2.75) is 83.1 Å². The van der Waals surface area contributed by atoms with Gasteiger partial charge in [-0.3, -0.25) is 19.8 Å². The zero-order chi connectivity index (χ0) is 42.7. The van der Waals surface area contributed by atoms with Crippen LogP contribution in [0.2, 0.25) is 0 Å². The lowest BCUT2D eigenvalue weighted by Gasteiger charge is -2.72. The summed E-state index contributed by atoms with van der Waals surface area (Å²) in [5.41, 5.74) is 6.66. The molecule has 5 fully saturated rings. The van der Waals surface area contributed by atoms with Crippen molar-refractivity contribution < 1.29 is 27.6 Å². The number of anilines is 1. The second-order valence-corrected chi connectivity index (χ2v) is 21.7. The number of carbonyl (C=O) groups is 1. The Morgan fingerprint density at radius 3 is 2.56 bits per heavy atom. The van der Waals surface area contributed by atoms with Crippen molar-refractivity contribution in [3.05, 3.63) is 93.3 Å².